The minimum atomic E-state index is -2.76. The summed E-state index contributed by atoms with van der Waals surface area (Å²) >= 11 is 0. The van der Waals surface area contributed by atoms with Crippen LogP contribution in [0.4, 0.5) is 5.69 Å². The van der Waals surface area contributed by atoms with E-state index < -0.39 is 8.32 Å². The minimum absolute atomic E-state index is 0.0302. The fraction of sp³-hybridized carbons (Fsp3) is 0.424. The number of nitrogens with two attached hydrogens (primary N) is 1. The second kappa shape index (κ2) is 12.6. The molecular formula is C33H45N3O3Si. The van der Waals surface area contributed by atoms with Crippen molar-refractivity contribution in [2.24, 2.45) is 11.7 Å². The number of benzene rings is 3. The fourth-order valence-electron chi connectivity index (χ4n) is 6.10. The highest BCUT2D eigenvalue weighted by Gasteiger charge is 2.50. The zero-order chi connectivity index (χ0) is 28.9. The van der Waals surface area contributed by atoms with Gasteiger partial charge in [-0.1, -0.05) is 95.3 Å². The fourth-order valence-corrected chi connectivity index (χ4v) is 10.7. The third-order valence-electron chi connectivity index (χ3n) is 7.87. The highest BCUT2D eigenvalue weighted by Crippen LogP contribution is 2.37. The number of carbonyl (C=O) groups excluding carboxylic acids is 1. The monoisotopic (exact) mass is 559 g/mol. The van der Waals surface area contributed by atoms with Crippen molar-refractivity contribution in [1.29, 1.82) is 0 Å². The third-order valence-corrected chi connectivity index (χ3v) is 12.9. The standard InChI is InChI=1S/C33H45N3O3Si/c1-24(2)31-32(37)35-26(21-25-22-27(38-20-19-34)17-18-30(25)36(31)6)23-39-40(33(3,4)5,28-13-9-7-10-14-28)29-15-11-8-12-16-29/h7-18,22,24,26,31H,19-21,23,34H2,1-6H3,(H,35,37)/t26-,31-/m0/s1. The van der Waals surface area contributed by atoms with Crippen LogP contribution in [0.1, 0.15) is 40.2 Å². The Morgan fingerprint density at radius 1 is 1.00 bits per heavy atom. The van der Waals surface area contributed by atoms with Gasteiger partial charge in [0.2, 0.25) is 5.91 Å². The molecule has 0 unspecified atom stereocenters. The van der Waals surface area contributed by atoms with E-state index in [2.05, 4.69) is 118 Å². The largest absolute Gasteiger partial charge is 0.492 e. The van der Waals surface area contributed by atoms with Crippen LogP contribution >= 0.6 is 0 Å². The summed E-state index contributed by atoms with van der Waals surface area (Å²) in [6.07, 6.45) is 0.633. The van der Waals surface area contributed by atoms with Crippen molar-refractivity contribution in [3.8, 4) is 5.75 Å². The first-order chi connectivity index (χ1) is 19.1. The molecule has 0 bridgehead atoms. The first-order valence-corrected chi connectivity index (χ1v) is 16.2. The molecule has 0 aromatic heterocycles. The number of ether oxygens (including phenoxy) is 1. The van der Waals surface area contributed by atoms with Gasteiger partial charge in [-0.05, 0) is 51.5 Å². The van der Waals surface area contributed by atoms with Crippen LogP contribution in [-0.2, 0) is 15.6 Å². The maximum absolute atomic E-state index is 13.7. The van der Waals surface area contributed by atoms with Gasteiger partial charge < -0.3 is 25.1 Å². The van der Waals surface area contributed by atoms with Crippen LogP contribution in [0.5, 0.6) is 5.75 Å². The summed E-state index contributed by atoms with van der Waals surface area (Å²) in [5.41, 5.74) is 7.86. The van der Waals surface area contributed by atoms with Crippen LogP contribution in [0.25, 0.3) is 0 Å². The Morgan fingerprint density at radius 3 is 2.12 bits per heavy atom. The third kappa shape index (κ3) is 6.12. The Morgan fingerprint density at radius 2 is 1.60 bits per heavy atom. The molecule has 3 aromatic rings. The molecule has 0 fully saturated rings. The van der Waals surface area contributed by atoms with Crippen molar-refractivity contribution >= 4 is 30.3 Å². The molecule has 3 aromatic carbocycles. The van der Waals surface area contributed by atoms with Gasteiger partial charge in [-0.2, -0.15) is 0 Å². The molecule has 1 aliphatic rings. The molecule has 4 rings (SSSR count). The van der Waals surface area contributed by atoms with Gasteiger partial charge in [0.05, 0.1) is 12.6 Å². The van der Waals surface area contributed by atoms with E-state index in [-0.39, 0.29) is 28.9 Å². The molecule has 7 heteroatoms. The van der Waals surface area contributed by atoms with E-state index in [1.54, 1.807) is 0 Å². The van der Waals surface area contributed by atoms with Crippen LogP contribution in [-0.4, -0.2) is 53.1 Å². The Kier molecular flexibility index (Phi) is 9.39. The number of carbonyl (C=O) groups is 1. The molecule has 1 aliphatic heterocycles. The van der Waals surface area contributed by atoms with Crippen LogP contribution in [0.3, 0.4) is 0 Å². The predicted molar refractivity (Wildman–Crippen MR) is 167 cm³/mol. The molecule has 0 saturated carbocycles. The predicted octanol–water partition coefficient (Wildman–Crippen LogP) is 4.10. The van der Waals surface area contributed by atoms with E-state index in [9.17, 15) is 4.79 Å². The molecule has 0 radical (unpaired) electrons. The van der Waals surface area contributed by atoms with E-state index in [1.807, 2.05) is 13.1 Å². The van der Waals surface area contributed by atoms with E-state index in [4.69, 9.17) is 14.9 Å². The molecule has 0 spiro atoms. The number of nitrogens with zero attached hydrogens (tertiary/aromatic N) is 1. The number of anilines is 1. The van der Waals surface area contributed by atoms with Crippen molar-refractivity contribution in [1.82, 2.24) is 5.32 Å². The Labute approximate surface area is 241 Å². The number of likely N-dealkylation sites (N-methyl/N-ethyl adjacent to an activating group) is 1. The number of rotatable bonds is 9. The molecule has 214 valence electrons. The Hall–Kier alpha value is -3.13. The number of hydrogen-bond donors (Lipinski definition) is 2. The normalized spacial score (nSPS) is 18.1. The highest BCUT2D eigenvalue weighted by atomic mass is 28.4. The molecule has 3 N–H and O–H groups in total. The summed E-state index contributed by atoms with van der Waals surface area (Å²) in [6.45, 7) is 12.3. The zero-order valence-corrected chi connectivity index (χ0v) is 25.8. The number of hydrogen-bond acceptors (Lipinski definition) is 5. The maximum Gasteiger partial charge on any atom is 0.261 e. The van der Waals surface area contributed by atoms with E-state index >= 15 is 0 Å². The average Bonchev–Trinajstić information content (AvgIpc) is 2.92. The molecule has 0 aliphatic carbocycles. The van der Waals surface area contributed by atoms with Crippen molar-refractivity contribution < 1.29 is 14.0 Å². The lowest BCUT2D eigenvalue weighted by atomic mass is 9.95. The van der Waals surface area contributed by atoms with Gasteiger partial charge in [0.15, 0.2) is 0 Å². The lowest BCUT2D eigenvalue weighted by Crippen LogP contribution is -2.67. The summed E-state index contributed by atoms with van der Waals surface area (Å²) in [5.74, 6) is 0.947. The van der Waals surface area contributed by atoms with Crippen molar-refractivity contribution in [3.05, 3.63) is 84.4 Å². The summed E-state index contributed by atoms with van der Waals surface area (Å²) in [7, 11) is -0.754. The van der Waals surface area contributed by atoms with Crippen LogP contribution in [0.15, 0.2) is 78.9 Å². The van der Waals surface area contributed by atoms with Crippen LogP contribution < -0.4 is 31.1 Å². The molecule has 1 amide bonds. The molecular weight excluding hydrogens is 514 g/mol. The zero-order valence-electron chi connectivity index (χ0n) is 24.8. The molecule has 2 atom stereocenters. The second-order valence-corrected chi connectivity index (χ2v) is 16.4. The Balaban J connectivity index is 1.76. The van der Waals surface area contributed by atoms with Gasteiger partial charge in [-0.3, -0.25) is 4.79 Å². The van der Waals surface area contributed by atoms with Crippen molar-refractivity contribution in [2.45, 2.75) is 58.2 Å². The van der Waals surface area contributed by atoms with E-state index in [1.165, 1.54) is 10.4 Å². The van der Waals surface area contributed by atoms with Gasteiger partial charge in [0.25, 0.3) is 8.32 Å². The molecule has 6 nitrogen and oxygen atoms in total. The van der Waals surface area contributed by atoms with E-state index in [0.717, 1.165) is 17.0 Å². The summed E-state index contributed by atoms with van der Waals surface area (Å²) in [5, 5.41) is 5.67. The quantitative estimate of drug-likeness (QED) is 0.386. The summed E-state index contributed by atoms with van der Waals surface area (Å²) < 4.78 is 13.1. The lowest BCUT2D eigenvalue weighted by molar-refractivity contribution is -0.124. The molecule has 1 heterocycles. The summed E-state index contributed by atoms with van der Waals surface area (Å²) in [4.78, 5) is 15.8. The number of amides is 1. The topological polar surface area (TPSA) is 76.8 Å². The number of fused-ring (bicyclic) bond motifs is 1. The van der Waals surface area contributed by atoms with Crippen LogP contribution in [0, 0.1) is 5.92 Å². The minimum Gasteiger partial charge on any atom is -0.492 e. The average molecular weight is 560 g/mol. The van der Waals surface area contributed by atoms with Gasteiger partial charge in [0.1, 0.15) is 18.4 Å². The number of nitrogens with one attached hydrogen (secondary N) is 1. The van der Waals surface area contributed by atoms with Gasteiger partial charge in [-0.15, -0.1) is 0 Å². The first-order valence-electron chi connectivity index (χ1n) is 14.3. The van der Waals surface area contributed by atoms with Gasteiger partial charge in [-0.25, -0.2) is 0 Å². The maximum atomic E-state index is 13.7. The van der Waals surface area contributed by atoms with E-state index in [0.29, 0.717) is 26.2 Å². The molecule has 40 heavy (non-hydrogen) atoms. The highest BCUT2D eigenvalue weighted by molar-refractivity contribution is 6.99. The lowest BCUT2D eigenvalue weighted by Gasteiger charge is -2.44. The smallest absolute Gasteiger partial charge is 0.261 e. The first kappa shape index (κ1) is 29.8. The summed E-state index contributed by atoms with van der Waals surface area (Å²) in [6, 6.07) is 26.9. The van der Waals surface area contributed by atoms with Crippen LogP contribution in [0.2, 0.25) is 5.04 Å². The molecule has 0 saturated heterocycles. The second-order valence-electron chi connectivity index (χ2n) is 12.1. The van der Waals surface area contributed by atoms with Crippen molar-refractivity contribution in [3.63, 3.8) is 0 Å². The van der Waals surface area contributed by atoms with Gasteiger partial charge >= 0.3 is 0 Å². The Bertz CT molecular complexity index is 1220. The SMILES string of the molecule is CC(C)[C@H]1C(=O)N[C@H](CO[Si](c2ccccc2)(c2ccccc2)C(C)(C)C)Cc2cc(OCCN)ccc2N1C. The van der Waals surface area contributed by atoms with Gasteiger partial charge in [0, 0.05) is 19.3 Å². The van der Waals surface area contributed by atoms with Crippen molar-refractivity contribution in [2.75, 3.05) is 31.7 Å².